The summed E-state index contributed by atoms with van der Waals surface area (Å²) < 4.78 is 1.07. The lowest BCUT2D eigenvalue weighted by Gasteiger charge is -2.05. The molecule has 0 aliphatic carbocycles. The van der Waals surface area contributed by atoms with Crippen molar-refractivity contribution < 1.29 is 4.79 Å². The van der Waals surface area contributed by atoms with Crippen LogP contribution in [0, 0.1) is 0 Å². The van der Waals surface area contributed by atoms with Crippen LogP contribution in [-0.4, -0.2) is 25.7 Å². The van der Waals surface area contributed by atoms with E-state index in [9.17, 15) is 9.59 Å². The van der Waals surface area contributed by atoms with Crippen molar-refractivity contribution in [3.8, 4) is 11.3 Å². The number of thiazole rings is 1. The standard InChI is InChI=1S/C16H17N5O2S/c1-9(2)10-4-6-11(7-5-10)12-8-24-15(17-12)19-14(22)13-18-16(23)21(3)20-13/h4-9H,1-3H3,(H,17,19,22)(H,18,20,23). The summed E-state index contributed by atoms with van der Waals surface area (Å²) in [6.45, 7) is 4.29. The van der Waals surface area contributed by atoms with Gasteiger partial charge in [-0.05, 0) is 11.5 Å². The van der Waals surface area contributed by atoms with Crippen LogP contribution >= 0.6 is 11.3 Å². The summed E-state index contributed by atoms with van der Waals surface area (Å²) in [5, 5.41) is 8.78. The third-order valence-electron chi connectivity index (χ3n) is 3.58. The van der Waals surface area contributed by atoms with Gasteiger partial charge in [0.25, 0.3) is 5.91 Å². The molecule has 2 aromatic heterocycles. The fourth-order valence-corrected chi connectivity index (χ4v) is 2.88. The summed E-state index contributed by atoms with van der Waals surface area (Å²) >= 11 is 1.32. The summed E-state index contributed by atoms with van der Waals surface area (Å²) in [5.41, 5.74) is 2.61. The van der Waals surface area contributed by atoms with Gasteiger partial charge in [0.15, 0.2) is 5.13 Å². The Kier molecular flexibility index (Phi) is 4.30. The zero-order valence-corrected chi connectivity index (χ0v) is 14.3. The van der Waals surface area contributed by atoms with Gasteiger partial charge >= 0.3 is 5.69 Å². The number of amides is 1. The number of rotatable bonds is 4. The van der Waals surface area contributed by atoms with Gasteiger partial charge in [-0.1, -0.05) is 38.1 Å². The zero-order chi connectivity index (χ0) is 17.3. The second-order valence-electron chi connectivity index (χ2n) is 5.67. The van der Waals surface area contributed by atoms with Crippen molar-refractivity contribution >= 4 is 22.4 Å². The van der Waals surface area contributed by atoms with Crippen molar-refractivity contribution in [1.29, 1.82) is 0 Å². The van der Waals surface area contributed by atoms with E-state index in [0.29, 0.717) is 11.0 Å². The SMILES string of the molecule is CC(C)c1ccc(-c2csc(NC(=O)c3nn(C)c(=O)[nH]3)n2)cc1. The largest absolute Gasteiger partial charge is 0.343 e. The molecule has 7 nitrogen and oxygen atoms in total. The number of nitrogens with zero attached hydrogens (tertiary/aromatic N) is 3. The molecule has 0 radical (unpaired) electrons. The van der Waals surface area contributed by atoms with Crippen molar-refractivity contribution in [2.75, 3.05) is 5.32 Å². The lowest BCUT2D eigenvalue weighted by atomic mass is 10.0. The highest BCUT2D eigenvalue weighted by Crippen LogP contribution is 2.26. The number of nitrogens with one attached hydrogen (secondary N) is 2. The molecule has 124 valence electrons. The number of carbonyl (C=O) groups excluding carboxylic acids is 1. The lowest BCUT2D eigenvalue weighted by molar-refractivity contribution is 0.101. The minimum Gasteiger partial charge on any atom is -0.295 e. The Morgan fingerprint density at radius 3 is 2.58 bits per heavy atom. The van der Waals surface area contributed by atoms with Gasteiger partial charge in [-0.15, -0.1) is 16.4 Å². The smallest absolute Gasteiger partial charge is 0.295 e. The molecule has 1 aromatic carbocycles. The van der Waals surface area contributed by atoms with E-state index < -0.39 is 11.6 Å². The Balaban J connectivity index is 1.75. The molecule has 0 aliphatic heterocycles. The topological polar surface area (TPSA) is 92.7 Å². The van der Waals surface area contributed by atoms with E-state index in [-0.39, 0.29) is 5.82 Å². The first-order valence-corrected chi connectivity index (χ1v) is 8.32. The fourth-order valence-electron chi connectivity index (χ4n) is 2.16. The molecule has 24 heavy (non-hydrogen) atoms. The van der Waals surface area contributed by atoms with Gasteiger partial charge in [0, 0.05) is 18.0 Å². The molecule has 0 fully saturated rings. The molecule has 3 aromatic rings. The first kappa shape index (κ1) is 16.1. The highest BCUT2D eigenvalue weighted by atomic mass is 32.1. The number of benzene rings is 1. The van der Waals surface area contributed by atoms with Gasteiger partial charge in [-0.25, -0.2) is 14.5 Å². The number of aromatic nitrogens is 4. The fraction of sp³-hybridized carbons (Fsp3) is 0.250. The third kappa shape index (κ3) is 3.28. The third-order valence-corrected chi connectivity index (χ3v) is 4.34. The van der Waals surface area contributed by atoms with E-state index in [4.69, 9.17) is 0 Å². The molecule has 0 saturated carbocycles. The first-order chi connectivity index (χ1) is 11.4. The van der Waals surface area contributed by atoms with E-state index in [1.54, 1.807) is 0 Å². The highest BCUT2D eigenvalue weighted by Gasteiger charge is 2.14. The monoisotopic (exact) mass is 343 g/mol. The van der Waals surface area contributed by atoms with Crippen LogP contribution in [-0.2, 0) is 7.05 Å². The molecule has 2 heterocycles. The normalized spacial score (nSPS) is 11.0. The molecule has 3 rings (SSSR count). The zero-order valence-electron chi connectivity index (χ0n) is 13.5. The van der Waals surface area contributed by atoms with E-state index in [2.05, 4.69) is 46.4 Å². The van der Waals surface area contributed by atoms with Crippen LogP contribution in [0.5, 0.6) is 0 Å². The Labute approximate surface area is 142 Å². The number of anilines is 1. The molecule has 1 amide bonds. The first-order valence-electron chi connectivity index (χ1n) is 7.44. The summed E-state index contributed by atoms with van der Waals surface area (Å²) in [6.07, 6.45) is 0. The number of carbonyl (C=O) groups is 1. The Morgan fingerprint density at radius 1 is 1.29 bits per heavy atom. The van der Waals surface area contributed by atoms with Gasteiger partial charge in [-0.2, -0.15) is 0 Å². The van der Waals surface area contributed by atoms with Gasteiger partial charge in [0.05, 0.1) is 5.69 Å². The quantitative estimate of drug-likeness (QED) is 0.761. The molecule has 0 atom stereocenters. The van der Waals surface area contributed by atoms with Crippen molar-refractivity contribution in [2.24, 2.45) is 7.05 Å². The molecule has 2 N–H and O–H groups in total. The summed E-state index contributed by atoms with van der Waals surface area (Å²) in [7, 11) is 1.47. The summed E-state index contributed by atoms with van der Waals surface area (Å²) in [4.78, 5) is 30.2. The molecular formula is C16H17N5O2S. The Hall–Kier alpha value is -2.74. The highest BCUT2D eigenvalue weighted by molar-refractivity contribution is 7.14. The number of H-pyrrole nitrogens is 1. The van der Waals surface area contributed by atoms with Crippen molar-refractivity contribution in [1.82, 2.24) is 19.7 Å². The van der Waals surface area contributed by atoms with Crippen LogP contribution in [0.3, 0.4) is 0 Å². The molecular weight excluding hydrogens is 326 g/mol. The predicted molar refractivity (Wildman–Crippen MR) is 93.4 cm³/mol. The maximum Gasteiger partial charge on any atom is 0.343 e. The number of aromatic amines is 1. The predicted octanol–water partition coefficient (Wildman–Crippen LogP) is 2.61. The van der Waals surface area contributed by atoms with Crippen LogP contribution in [0.1, 0.15) is 35.9 Å². The van der Waals surface area contributed by atoms with E-state index in [1.165, 1.54) is 23.9 Å². The van der Waals surface area contributed by atoms with E-state index in [0.717, 1.165) is 15.9 Å². The van der Waals surface area contributed by atoms with Crippen LogP contribution < -0.4 is 11.0 Å². The number of aryl methyl sites for hydroxylation is 1. The van der Waals surface area contributed by atoms with Crippen molar-refractivity contribution in [3.05, 3.63) is 51.5 Å². The second kappa shape index (κ2) is 6.40. The molecule has 8 heteroatoms. The summed E-state index contributed by atoms with van der Waals surface area (Å²) in [6, 6.07) is 8.20. The van der Waals surface area contributed by atoms with Crippen molar-refractivity contribution in [2.45, 2.75) is 19.8 Å². The van der Waals surface area contributed by atoms with Gasteiger partial charge in [0.1, 0.15) is 0 Å². The van der Waals surface area contributed by atoms with E-state index >= 15 is 0 Å². The summed E-state index contributed by atoms with van der Waals surface area (Å²) in [5.74, 6) is -0.0610. The molecule has 0 spiro atoms. The minimum absolute atomic E-state index is 0.0412. The molecule has 0 aliphatic rings. The molecule has 0 saturated heterocycles. The number of hydrogen-bond acceptors (Lipinski definition) is 5. The second-order valence-corrected chi connectivity index (χ2v) is 6.53. The average Bonchev–Trinajstić information content (AvgIpc) is 3.15. The molecule has 0 bridgehead atoms. The van der Waals surface area contributed by atoms with Gasteiger partial charge in [-0.3, -0.25) is 15.1 Å². The molecule has 0 unspecified atom stereocenters. The van der Waals surface area contributed by atoms with Crippen LogP contribution in [0.15, 0.2) is 34.4 Å². The van der Waals surface area contributed by atoms with E-state index in [1.807, 2.05) is 17.5 Å². The van der Waals surface area contributed by atoms with Crippen LogP contribution in [0.25, 0.3) is 11.3 Å². The Bertz CT molecular complexity index is 921. The van der Waals surface area contributed by atoms with Gasteiger partial charge in [0.2, 0.25) is 5.82 Å². The van der Waals surface area contributed by atoms with Crippen LogP contribution in [0.2, 0.25) is 0 Å². The lowest BCUT2D eigenvalue weighted by Crippen LogP contribution is -2.14. The maximum atomic E-state index is 12.1. The van der Waals surface area contributed by atoms with Crippen molar-refractivity contribution in [3.63, 3.8) is 0 Å². The van der Waals surface area contributed by atoms with Gasteiger partial charge < -0.3 is 0 Å². The number of hydrogen-bond donors (Lipinski definition) is 2. The minimum atomic E-state index is -0.497. The maximum absolute atomic E-state index is 12.1. The Morgan fingerprint density at radius 2 is 2.00 bits per heavy atom. The van der Waals surface area contributed by atoms with Crippen LogP contribution in [0.4, 0.5) is 5.13 Å². The average molecular weight is 343 g/mol.